The van der Waals surface area contributed by atoms with Gasteiger partial charge in [-0.2, -0.15) is 0 Å². The lowest BCUT2D eigenvalue weighted by Gasteiger charge is -2.03. The lowest BCUT2D eigenvalue weighted by atomic mass is 10.3. The molecule has 5 nitrogen and oxygen atoms in total. The number of aromatic carboxylic acids is 1. The molecule has 0 spiro atoms. The van der Waals surface area contributed by atoms with Gasteiger partial charge in [-0.15, -0.1) is 4.73 Å². The topological polar surface area (TPSA) is 73.5 Å². The van der Waals surface area contributed by atoms with Crippen molar-refractivity contribution in [1.29, 1.82) is 0 Å². The average Bonchev–Trinajstić information content (AvgIpc) is 2.04. The molecule has 0 aromatic carbocycles. The van der Waals surface area contributed by atoms with Gasteiger partial charge < -0.3 is 15.1 Å². The lowest BCUT2D eigenvalue weighted by molar-refractivity contribution is -0.615. The van der Waals surface area contributed by atoms with Crippen LogP contribution in [0.1, 0.15) is 10.5 Å². The normalized spacial score (nSPS) is 9.42. The molecule has 0 bridgehead atoms. The van der Waals surface area contributed by atoms with Gasteiger partial charge in [-0.25, -0.2) is 4.79 Å². The average molecular weight is 169 g/mol. The molecule has 1 rings (SSSR count). The molecule has 0 fully saturated rings. The molecule has 0 aliphatic rings. The number of rotatable bonds is 2. The van der Waals surface area contributed by atoms with Gasteiger partial charge in [0.05, 0.1) is 13.2 Å². The van der Waals surface area contributed by atoms with Crippen LogP contribution in [0.5, 0.6) is 5.88 Å². The largest absolute Gasteiger partial charge is 0.615 e. The third kappa shape index (κ3) is 1.29. The van der Waals surface area contributed by atoms with Gasteiger partial charge in [0.15, 0.2) is 0 Å². The summed E-state index contributed by atoms with van der Waals surface area (Å²) in [4.78, 5) is 10.4. The Balaban J connectivity index is 3.23. The van der Waals surface area contributed by atoms with Crippen molar-refractivity contribution in [1.82, 2.24) is 0 Å². The van der Waals surface area contributed by atoms with Gasteiger partial charge in [0, 0.05) is 6.07 Å². The van der Waals surface area contributed by atoms with Gasteiger partial charge in [-0.1, -0.05) is 0 Å². The minimum atomic E-state index is -1.27. The second-order valence-corrected chi connectivity index (χ2v) is 2.05. The molecule has 5 heteroatoms. The van der Waals surface area contributed by atoms with Crippen LogP contribution >= 0.6 is 0 Å². The van der Waals surface area contributed by atoms with Crippen LogP contribution in [0.15, 0.2) is 18.2 Å². The number of aromatic nitrogens is 1. The first-order chi connectivity index (χ1) is 5.66. The highest BCUT2D eigenvalue weighted by atomic mass is 16.5. The summed E-state index contributed by atoms with van der Waals surface area (Å²) in [5.41, 5.74) is -0.352. The molecule has 1 heterocycles. The van der Waals surface area contributed by atoms with Crippen LogP contribution < -0.4 is 9.47 Å². The first-order valence-corrected chi connectivity index (χ1v) is 3.16. The van der Waals surface area contributed by atoms with E-state index in [-0.39, 0.29) is 16.3 Å². The van der Waals surface area contributed by atoms with Crippen molar-refractivity contribution in [3.63, 3.8) is 0 Å². The molecule has 0 radical (unpaired) electrons. The third-order valence-electron chi connectivity index (χ3n) is 1.34. The van der Waals surface area contributed by atoms with E-state index in [0.29, 0.717) is 0 Å². The summed E-state index contributed by atoms with van der Waals surface area (Å²) >= 11 is 0. The minimum Gasteiger partial charge on any atom is -0.615 e. The maximum Gasteiger partial charge on any atom is 0.402 e. The van der Waals surface area contributed by atoms with Crippen LogP contribution in [0.25, 0.3) is 0 Å². The first kappa shape index (κ1) is 8.32. The lowest BCUT2D eigenvalue weighted by Crippen LogP contribution is -2.35. The van der Waals surface area contributed by atoms with E-state index in [1.165, 1.54) is 25.3 Å². The van der Waals surface area contributed by atoms with Crippen molar-refractivity contribution in [2.75, 3.05) is 7.11 Å². The van der Waals surface area contributed by atoms with Crippen LogP contribution in [0.2, 0.25) is 0 Å². The molecule has 0 aliphatic carbocycles. The van der Waals surface area contributed by atoms with Crippen molar-refractivity contribution in [3.8, 4) is 5.88 Å². The number of ether oxygens (including phenoxy) is 1. The standard InChI is InChI=1S/C7H7NO4/c1-12-6-4-2-3-5(7(9)10)8(6)11/h2-4H,1H3,(H,9,10). The Bertz CT molecular complexity index is 310. The molecule has 0 unspecified atom stereocenters. The summed E-state index contributed by atoms with van der Waals surface area (Å²) in [6.07, 6.45) is 0. The first-order valence-electron chi connectivity index (χ1n) is 3.16. The van der Waals surface area contributed by atoms with E-state index >= 15 is 0 Å². The second-order valence-electron chi connectivity index (χ2n) is 2.05. The zero-order valence-corrected chi connectivity index (χ0v) is 6.35. The Kier molecular flexibility index (Phi) is 2.14. The molecule has 1 N–H and O–H groups in total. The highest BCUT2D eigenvalue weighted by molar-refractivity contribution is 5.83. The Labute approximate surface area is 68.4 Å². The smallest absolute Gasteiger partial charge is 0.402 e. The van der Waals surface area contributed by atoms with Gasteiger partial charge in [0.25, 0.3) is 0 Å². The molecule has 0 amide bonds. The maximum atomic E-state index is 11.1. The van der Waals surface area contributed by atoms with Crippen molar-refractivity contribution < 1.29 is 19.4 Å². The highest BCUT2D eigenvalue weighted by Gasteiger charge is 2.17. The van der Waals surface area contributed by atoms with E-state index in [1.54, 1.807) is 0 Å². The summed E-state index contributed by atoms with van der Waals surface area (Å²) < 4.78 is 4.85. The zero-order chi connectivity index (χ0) is 9.14. The number of methoxy groups -OCH3 is 1. The van der Waals surface area contributed by atoms with Gasteiger partial charge in [0.2, 0.25) is 0 Å². The van der Waals surface area contributed by atoms with E-state index in [0.717, 1.165) is 0 Å². The Hall–Kier alpha value is -1.78. The van der Waals surface area contributed by atoms with Gasteiger partial charge in [-0.3, -0.25) is 0 Å². The predicted molar refractivity (Wildman–Crippen MR) is 38.9 cm³/mol. The van der Waals surface area contributed by atoms with Crippen LogP contribution in [-0.2, 0) is 0 Å². The van der Waals surface area contributed by atoms with E-state index in [1.807, 2.05) is 0 Å². The predicted octanol–water partition coefficient (Wildman–Crippen LogP) is 0.0268. The molecule has 64 valence electrons. The minimum absolute atomic E-state index is 0.0325. The Morgan fingerprint density at radius 2 is 2.33 bits per heavy atom. The molecule has 0 atom stereocenters. The molecular formula is C7H7NO4. The van der Waals surface area contributed by atoms with Crippen LogP contribution in [-0.4, -0.2) is 18.2 Å². The fourth-order valence-electron chi connectivity index (χ4n) is 0.785. The van der Waals surface area contributed by atoms with E-state index in [9.17, 15) is 10.0 Å². The summed E-state index contributed by atoms with van der Waals surface area (Å²) in [6.45, 7) is 0. The van der Waals surface area contributed by atoms with E-state index in [4.69, 9.17) is 5.11 Å². The fourth-order valence-corrected chi connectivity index (χ4v) is 0.785. The number of pyridine rings is 1. The van der Waals surface area contributed by atoms with Gasteiger partial charge in [-0.05, 0) is 6.07 Å². The molecule has 1 aromatic rings. The molecule has 1 aromatic heterocycles. The fraction of sp³-hybridized carbons (Fsp3) is 0.143. The second kappa shape index (κ2) is 3.08. The van der Waals surface area contributed by atoms with Gasteiger partial charge in [0.1, 0.15) is 0 Å². The number of carboxylic acids is 1. The summed E-state index contributed by atoms with van der Waals surface area (Å²) in [5.74, 6) is -1.31. The monoisotopic (exact) mass is 169 g/mol. The number of hydrogen-bond donors (Lipinski definition) is 1. The van der Waals surface area contributed by atoms with Crippen LogP contribution in [0.3, 0.4) is 0 Å². The highest BCUT2D eigenvalue weighted by Crippen LogP contribution is 2.03. The third-order valence-corrected chi connectivity index (χ3v) is 1.34. The van der Waals surface area contributed by atoms with Crippen molar-refractivity contribution >= 4 is 5.97 Å². The SMILES string of the molecule is COc1cccc(C(=O)O)[n+]1[O-]. The van der Waals surface area contributed by atoms with Crippen molar-refractivity contribution in [2.24, 2.45) is 0 Å². The summed E-state index contributed by atoms with van der Waals surface area (Å²) in [5, 5.41) is 19.6. The molecule has 0 saturated carbocycles. The Morgan fingerprint density at radius 1 is 1.67 bits per heavy atom. The van der Waals surface area contributed by atoms with Gasteiger partial charge >= 0.3 is 17.5 Å². The molecular weight excluding hydrogens is 162 g/mol. The van der Waals surface area contributed by atoms with Crippen molar-refractivity contribution in [2.45, 2.75) is 0 Å². The molecule has 0 saturated heterocycles. The molecule has 0 aliphatic heterocycles. The summed E-state index contributed by atoms with van der Waals surface area (Å²) in [6, 6.07) is 4.04. The van der Waals surface area contributed by atoms with Crippen LogP contribution in [0.4, 0.5) is 0 Å². The number of hydrogen-bond acceptors (Lipinski definition) is 3. The quantitative estimate of drug-likeness (QED) is 0.500. The maximum absolute atomic E-state index is 11.1. The number of carbonyl (C=O) groups is 1. The van der Waals surface area contributed by atoms with Crippen molar-refractivity contribution in [3.05, 3.63) is 29.1 Å². The number of carboxylic acid groups (broad SMARTS) is 1. The zero-order valence-electron chi connectivity index (χ0n) is 6.35. The van der Waals surface area contributed by atoms with E-state index < -0.39 is 5.97 Å². The summed E-state index contributed by atoms with van der Waals surface area (Å²) in [7, 11) is 1.30. The Morgan fingerprint density at radius 3 is 2.83 bits per heavy atom. The van der Waals surface area contributed by atoms with Crippen LogP contribution in [0, 0.1) is 5.21 Å². The van der Waals surface area contributed by atoms with E-state index in [2.05, 4.69) is 4.74 Å². The molecule has 12 heavy (non-hydrogen) atoms. The number of nitrogens with zero attached hydrogens (tertiary/aromatic N) is 1.